The molecule has 2 amide bonds. The minimum absolute atomic E-state index is 0.0261. The molecule has 30 heavy (non-hydrogen) atoms. The van der Waals surface area contributed by atoms with Crippen LogP contribution >= 0.6 is 0 Å². The Morgan fingerprint density at radius 1 is 1.20 bits per heavy atom. The van der Waals surface area contributed by atoms with Crippen molar-refractivity contribution < 1.29 is 43.7 Å². The van der Waals surface area contributed by atoms with Crippen LogP contribution in [0.5, 0.6) is 0 Å². The first kappa shape index (κ1) is 22.4. The summed E-state index contributed by atoms with van der Waals surface area (Å²) in [7, 11) is -1.48. The standard InChI is InChI=1S/C20H22BN3O5.W/c25-19-8-6-15-5-7-17(12-18(15)24-19)23-20(26)29-10-2-9-22-13-14-3-1-4-16(11-14)21(27)28;/h1,3-5,7,11-12,22,27-28H,2,6,8-9,13H2,(H,23,26)(H,24,25);. The number of benzene rings is 2. The molecule has 0 fully saturated rings. The first-order chi connectivity index (χ1) is 14.4. The van der Waals surface area contributed by atoms with E-state index >= 15 is 0 Å². The topological polar surface area (TPSA) is 120 Å². The van der Waals surface area contributed by atoms with E-state index in [-0.39, 0.29) is 5.91 Å². The Hall–Kier alpha value is -2.32. The van der Waals surface area contributed by atoms with Crippen LogP contribution in [0, 0.1) is 0 Å². The molecule has 0 saturated heterocycles. The predicted molar refractivity (Wildman–Crippen MR) is 111 cm³/mol. The van der Waals surface area contributed by atoms with Gasteiger partial charge in [0.1, 0.15) is 0 Å². The van der Waals surface area contributed by atoms with Gasteiger partial charge in [0.25, 0.3) is 0 Å². The fourth-order valence-electron chi connectivity index (χ4n) is 3.03. The van der Waals surface area contributed by atoms with Crippen molar-refractivity contribution in [2.24, 2.45) is 0 Å². The van der Waals surface area contributed by atoms with Crippen LogP contribution in [0.3, 0.4) is 0 Å². The maximum atomic E-state index is 12.1. The van der Waals surface area contributed by atoms with Crippen molar-refractivity contribution in [1.29, 1.82) is 0 Å². The van der Waals surface area contributed by atoms with Crippen LogP contribution in [-0.2, 0) is 41.9 Å². The van der Waals surface area contributed by atoms with E-state index in [9.17, 15) is 19.6 Å². The Bertz CT molecular complexity index is 954. The van der Waals surface area contributed by atoms with E-state index in [2.05, 4.69) is 16.0 Å². The van der Waals surface area contributed by atoms with Crippen LogP contribution in [0.1, 0.15) is 24.0 Å². The molecule has 10 heteroatoms. The van der Waals surface area contributed by atoms with Crippen LogP contribution in [0.2, 0.25) is 0 Å². The summed E-state index contributed by atoms with van der Waals surface area (Å²) >= 11 is 1.06. The molecule has 0 saturated carbocycles. The SMILES string of the molecule is O=C1CCc2ccc(NC(=O)O[C](=[W])CCNCc3cccc(B(O)O)c3)cc2N1. The van der Waals surface area contributed by atoms with Crippen LogP contribution in [0.4, 0.5) is 16.2 Å². The van der Waals surface area contributed by atoms with E-state index in [0.29, 0.717) is 47.6 Å². The number of nitrogens with one attached hydrogen (secondary N) is 3. The monoisotopic (exact) mass is 579 g/mol. The number of aryl methyl sites for hydroxylation is 1. The number of ether oxygens (including phenoxy) is 1. The van der Waals surface area contributed by atoms with Gasteiger partial charge in [-0.15, -0.1) is 0 Å². The number of fused-ring (bicyclic) bond motifs is 1. The van der Waals surface area contributed by atoms with Gasteiger partial charge in [0, 0.05) is 0 Å². The molecule has 8 nitrogen and oxygen atoms in total. The molecular weight excluding hydrogens is 557 g/mol. The normalized spacial score (nSPS) is 12.5. The van der Waals surface area contributed by atoms with E-state index in [1.807, 2.05) is 12.1 Å². The van der Waals surface area contributed by atoms with Gasteiger partial charge in [-0.1, -0.05) is 0 Å². The number of carbonyl (C=O) groups is 2. The molecule has 2 aromatic carbocycles. The number of anilines is 2. The number of carbonyl (C=O) groups excluding carboxylic acids is 2. The Morgan fingerprint density at radius 2 is 2.03 bits per heavy atom. The zero-order valence-electron chi connectivity index (χ0n) is 16.2. The van der Waals surface area contributed by atoms with Crippen molar-refractivity contribution in [3.8, 4) is 0 Å². The summed E-state index contributed by atoms with van der Waals surface area (Å²) in [5, 5.41) is 27.2. The molecule has 0 unspecified atom stereocenters. The second kappa shape index (κ2) is 10.6. The molecule has 0 bridgehead atoms. The van der Waals surface area contributed by atoms with Crippen molar-refractivity contribution in [3.63, 3.8) is 0 Å². The second-order valence-corrected chi connectivity index (χ2v) is 8.49. The summed E-state index contributed by atoms with van der Waals surface area (Å²) in [5.74, 6) is -0.0261. The number of hydrogen-bond donors (Lipinski definition) is 5. The Balaban J connectivity index is 1.40. The molecule has 2 aromatic rings. The number of rotatable bonds is 8. The summed E-state index contributed by atoms with van der Waals surface area (Å²) in [5.41, 5.74) is 3.71. The predicted octanol–water partition coefficient (Wildman–Crippen LogP) is 0.656. The average Bonchev–Trinajstić information content (AvgIpc) is 2.71. The van der Waals surface area contributed by atoms with Gasteiger partial charge in [-0.05, 0) is 0 Å². The molecule has 1 heterocycles. The molecule has 0 atom stereocenters. The third-order valence-electron chi connectivity index (χ3n) is 4.54. The maximum absolute atomic E-state index is 12.1. The van der Waals surface area contributed by atoms with Crippen LogP contribution < -0.4 is 21.4 Å². The zero-order valence-corrected chi connectivity index (χ0v) is 19.1. The summed E-state index contributed by atoms with van der Waals surface area (Å²) < 4.78 is 5.98. The first-order valence-electron chi connectivity index (χ1n) is 9.51. The summed E-state index contributed by atoms with van der Waals surface area (Å²) in [6.07, 6.45) is 1.18. The molecule has 0 radical (unpaired) electrons. The zero-order chi connectivity index (χ0) is 21.5. The fraction of sp³-hybridized carbons (Fsp3) is 0.250. The van der Waals surface area contributed by atoms with Crippen molar-refractivity contribution in [3.05, 3.63) is 53.6 Å². The molecule has 3 rings (SSSR count). The second-order valence-electron chi connectivity index (χ2n) is 6.85. The van der Waals surface area contributed by atoms with Crippen molar-refractivity contribution in [2.75, 3.05) is 17.2 Å². The average molecular weight is 579 g/mol. The van der Waals surface area contributed by atoms with Gasteiger partial charge in [-0.25, -0.2) is 0 Å². The first-order valence-corrected chi connectivity index (χ1v) is 11.0. The summed E-state index contributed by atoms with van der Waals surface area (Å²) in [6, 6.07) is 12.5. The number of amides is 2. The Morgan fingerprint density at radius 3 is 2.83 bits per heavy atom. The van der Waals surface area contributed by atoms with Crippen molar-refractivity contribution >= 4 is 40.0 Å². The molecule has 0 aromatic heterocycles. The molecule has 156 valence electrons. The van der Waals surface area contributed by atoms with Crippen LogP contribution in [0.15, 0.2) is 42.5 Å². The van der Waals surface area contributed by atoms with Gasteiger partial charge in [0.05, 0.1) is 0 Å². The third-order valence-corrected chi connectivity index (χ3v) is 5.58. The van der Waals surface area contributed by atoms with Gasteiger partial charge < -0.3 is 0 Å². The minimum atomic E-state index is -1.48. The van der Waals surface area contributed by atoms with Gasteiger partial charge in [0.2, 0.25) is 0 Å². The Kier molecular flexibility index (Phi) is 7.93. The molecule has 0 aliphatic carbocycles. The van der Waals surface area contributed by atoms with Gasteiger partial charge in [0.15, 0.2) is 0 Å². The third kappa shape index (κ3) is 6.60. The van der Waals surface area contributed by atoms with Gasteiger partial charge >= 0.3 is 186 Å². The van der Waals surface area contributed by atoms with E-state index in [1.165, 1.54) is 0 Å². The van der Waals surface area contributed by atoms with Crippen LogP contribution in [-0.4, -0.2) is 39.8 Å². The van der Waals surface area contributed by atoms with Crippen molar-refractivity contribution in [2.45, 2.75) is 25.8 Å². The van der Waals surface area contributed by atoms with Gasteiger partial charge in [-0.2, -0.15) is 0 Å². The Labute approximate surface area is 185 Å². The molecule has 1 aliphatic rings. The van der Waals surface area contributed by atoms with Gasteiger partial charge in [-0.3, -0.25) is 0 Å². The quantitative estimate of drug-likeness (QED) is 0.232. The summed E-state index contributed by atoms with van der Waals surface area (Å²) in [4.78, 5) is 23.6. The van der Waals surface area contributed by atoms with E-state index in [1.54, 1.807) is 30.3 Å². The molecule has 5 N–H and O–H groups in total. The molecule has 0 spiro atoms. The molecule has 1 aliphatic heterocycles. The van der Waals surface area contributed by atoms with Crippen molar-refractivity contribution in [1.82, 2.24) is 5.32 Å². The summed E-state index contributed by atoms with van der Waals surface area (Å²) in [6.45, 7) is 1.18. The van der Waals surface area contributed by atoms with Crippen LogP contribution in [0.25, 0.3) is 0 Å². The van der Waals surface area contributed by atoms with E-state index in [0.717, 1.165) is 36.2 Å². The molecular formula is C20H22BN3O5W. The van der Waals surface area contributed by atoms with E-state index in [4.69, 9.17) is 4.74 Å². The van der Waals surface area contributed by atoms with E-state index < -0.39 is 13.2 Å². The number of hydrogen-bond acceptors (Lipinski definition) is 6. The fourth-order valence-corrected chi connectivity index (χ4v) is 3.67.